The molecule has 0 aliphatic heterocycles. The van der Waals surface area contributed by atoms with Crippen molar-refractivity contribution in [1.82, 2.24) is 5.32 Å². The lowest BCUT2D eigenvalue weighted by Gasteiger charge is -2.24. The quantitative estimate of drug-likeness (QED) is 0.842. The third-order valence-electron chi connectivity index (χ3n) is 3.97. The van der Waals surface area contributed by atoms with Crippen LogP contribution in [-0.2, 0) is 6.54 Å². The largest absolute Gasteiger partial charge is 0.507 e. The van der Waals surface area contributed by atoms with E-state index in [4.69, 9.17) is 4.74 Å². The maximum atomic E-state index is 9.86. The van der Waals surface area contributed by atoms with Crippen LogP contribution in [0.1, 0.15) is 38.2 Å². The highest BCUT2D eigenvalue weighted by atomic mass is 16.5. The first-order chi connectivity index (χ1) is 8.63. The predicted octanol–water partition coefficient (Wildman–Crippen LogP) is 3.07. The van der Waals surface area contributed by atoms with E-state index in [9.17, 15) is 5.11 Å². The third kappa shape index (κ3) is 3.16. The number of methoxy groups -OCH3 is 1. The lowest BCUT2D eigenvalue weighted by Crippen LogP contribution is -2.29. The molecule has 0 atom stereocenters. The molecular formula is C15H23NO2. The van der Waals surface area contributed by atoms with E-state index in [1.165, 1.54) is 25.7 Å². The van der Waals surface area contributed by atoms with Gasteiger partial charge in [0.05, 0.1) is 7.11 Å². The van der Waals surface area contributed by atoms with Crippen LogP contribution in [0.2, 0.25) is 0 Å². The van der Waals surface area contributed by atoms with E-state index in [1.54, 1.807) is 13.2 Å². The Morgan fingerprint density at radius 3 is 2.67 bits per heavy atom. The Morgan fingerprint density at radius 1 is 1.33 bits per heavy atom. The van der Waals surface area contributed by atoms with Gasteiger partial charge in [0.25, 0.3) is 0 Å². The normalized spacial score (nSPS) is 17.9. The molecular weight excluding hydrogens is 226 g/mol. The Hall–Kier alpha value is -1.22. The van der Waals surface area contributed by atoms with Gasteiger partial charge >= 0.3 is 0 Å². The van der Waals surface area contributed by atoms with Crippen molar-refractivity contribution in [2.45, 2.75) is 39.2 Å². The van der Waals surface area contributed by atoms with Gasteiger partial charge in [-0.1, -0.05) is 25.8 Å². The van der Waals surface area contributed by atoms with Crippen molar-refractivity contribution in [3.63, 3.8) is 0 Å². The number of aromatic hydroxyl groups is 1. The average molecular weight is 249 g/mol. The van der Waals surface area contributed by atoms with Gasteiger partial charge in [-0.3, -0.25) is 0 Å². The molecule has 0 heterocycles. The molecule has 0 saturated heterocycles. The lowest BCUT2D eigenvalue weighted by molar-refractivity contribution is 0.313. The molecule has 1 aromatic rings. The Balaban J connectivity index is 1.86. The first-order valence-corrected chi connectivity index (χ1v) is 6.70. The topological polar surface area (TPSA) is 41.5 Å². The van der Waals surface area contributed by atoms with Gasteiger partial charge in [-0.2, -0.15) is 0 Å². The molecule has 0 amide bonds. The number of phenols is 1. The second-order valence-electron chi connectivity index (χ2n) is 5.62. The molecule has 1 fully saturated rings. The molecule has 100 valence electrons. The molecule has 18 heavy (non-hydrogen) atoms. The van der Waals surface area contributed by atoms with E-state index < -0.39 is 0 Å². The van der Waals surface area contributed by atoms with Crippen molar-refractivity contribution in [1.29, 1.82) is 0 Å². The molecule has 0 aromatic heterocycles. The van der Waals surface area contributed by atoms with Crippen molar-refractivity contribution in [2.75, 3.05) is 13.7 Å². The van der Waals surface area contributed by atoms with Crippen molar-refractivity contribution >= 4 is 0 Å². The van der Waals surface area contributed by atoms with E-state index >= 15 is 0 Å². The van der Waals surface area contributed by atoms with Crippen LogP contribution in [0.25, 0.3) is 0 Å². The summed E-state index contributed by atoms with van der Waals surface area (Å²) in [6.07, 6.45) is 5.33. The van der Waals surface area contributed by atoms with Crippen molar-refractivity contribution < 1.29 is 9.84 Å². The van der Waals surface area contributed by atoms with Crippen LogP contribution < -0.4 is 10.1 Å². The summed E-state index contributed by atoms with van der Waals surface area (Å²) in [7, 11) is 1.60. The summed E-state index contributed by atoms with van der Waals surface area (Å²) in [5, 5.41) is 13.3. The van der Waals surface area contributed by atoms with E-state index in [-0.39, 0.29) is 0 Å². The Bertz CT molecular complexity index is 397. The van der Waals surface area contributed by atoms with Gasteiger partial charge in [0.1, 0.15) is 11.5 Å². The van der Waals surface area contributed by atoms with Crippen molar-refractivity contribution in [2.24, 2.45) is 5.41 Å². The van der Waals surface area contributed by atoms with Gasteiger partial charge in [-0.25, -0.2) is 0 Å². The Labute approximate surface area is 109 Å². The zero-order valence-corrected chi connectivity index (χ0v) is 11.3. The van der Waals surface area contributed by atoms with E-state index in [0.717, 1.165) is 12.1 Å². The second kappa shape index (κ2) is 5.61. The minimum Gasteiger partial charge on any atom is -0.507 e. The zero-order valence-electron chi connectivity index (χ0n) is 11.3. The van der Waals surface area contributed by atoms with Gasteiger partial charge in [-0.05, 0) is 24.3 Å². The summed E-state index contributed by atoms with van der Waals surface area (Å²) in [6, 6.07) is 5.46. The number of rotatable bonds is 5. The van der Waals surface area contributed by atoms with E-state index in [0.29, 0.717) is 23.5 Å². The molecule has 1 aliphatic carbocycles. The maximum absolute atomic E-state index is 9.86. The van der Waals surface area contributed by atoms with E-state index in [1.807, 2.05) is 12.1 Å². The maximum Gasteiger partial charge on any atom is 0.123 e. The summed E-state index contributed by atoms with van der Waals surface area (Å²) in [6.45, 7) is 4.09. The van der Waals surface area contributed by atoms with Gasteiger partial charge in [0, 0.05) is 24.7 Å². The predicted molar refractivity (Wildman–Crippen MR) is 72.9 cm³/mol. The number of benzene rings is 1. The highest BCUT2D eigenvalue weighted by molar-refractivity contribution is 5.39. The SMILES string of the molecule is COc1ccc(CNCC2(C)CCCC2)c(O)c1. The number of hydrogen-bond donors (Lipinski definition) is 2. The fourth-order valence-electron chi connectivity index (χ4n) is 2.72. The summed E-state index contributed by atoms with van der Waals surface area (Å²) in [5.41, 5.74) is 1.37. The highest BCUT2D eigenvalue weighted by Gasteiger charge is 2.27. The van der Waals surface area contributed by atoms with Crippen LogP contribution >= 0.6 is 0 Å². The zero-order chi connectivity index (χ0) is 13.0. The Morgan fingerprint density at radius 2 is 2.06 bits per heavy atom. The molecule has 2 N–H and O–H groups in total. The highest BCUT2D eigenvalue weighted by Crippen LogP contribution is 2.36. The Kier molecular flexibility index (Phi) is 4.12. The smallest absolute Gasteiger partial charge is 0.123 e. The molecule has 2 rings (SSSR count). The average Bonchev–Trinajstić information content (AvgIpc) is 2.78. The standard InChI is InChI=1S/C15H23NO2/c1-15(7-3-4-8-15)11-16-10-12-5-6-13(18-2)9-14(12)17/h5-6,9,16-17H,3-4,7-8,10-11H2,1-2H3. The minimum absolute atomic E-state index is 0.304. The minimum atomic E-state index is 0.304. The first kappa shape index (κ1) is 13.2. The van der Waals surface area contributed by atoms with Crippen molar-refractivity contribution in [3.05, 3.63) is 23.8 Å². The second-order valence-corrected chi connectivity index (χ2v) is 5.62. The van der Waals surface area contributed by atoms with Crippen LogP contribution in [0.3, 0.4) is 0 Å². The summed E-state index contributed by atoms with van der Waals surface area (Å²) < 4.78 is 5.07. The van der Waals surface area contributed by atoms with Crippen LogP contribution in [0.4, 0.5) is 0 Å². The third-order valence-corrected chi connectivity index (χ3v) is 3.97. The summed E-state index contributed by atoms with van der Waals surface area (Å²) >= 11 is 0. The fraction of sp³-hybridized carbons (Fsp3) is 0.600. The summed E-state index contributed by atoms with van der Waals surface area (Å²) in [5.74, 6) is 0.998. The van der Waals surface area contributed by atoms with E-state index in [2.05, 4.69) is 12.2 Å². The van der Waals surface area contributed by atoms with Gasteiger partial charge in [0.2, 0.25) is 0 Å². The van der Waals surface area contributed by atoms with Crippen molar-refractivity contribution in [3.8, 4) is 11.5 Å². The molecule has 0 unspecified atom stereocenters. The first-order valence-electron chi connectivity index (χ1n) is 6.70. The van der Waals surface area contributed by atoms with Gasteiger partial charge in [-0.15, -0.1) is 0 Å². The fourth-order valence-corrected chi connectivity index (χ4v) is 2.72. The van der Waals surface area contributed by atoms with Gasteiger partial charge < -0.3 is 15.2 Å². The number of phenolic OH excluding ortho intramolecular Hbond substituents is 1. The molecule has 0 radical (unpaired) electrons. The molecule has 1 saturated carbocycles. The molecule has 1 aromatic carbocycles. The number of ether oxygens (including phenoxy) is 1. The molecule has 0 spiro atoms. The van der Waals surface area contributed by atoms with Crippen LogP contribution in [-0.4, -0.2) is 18.8 Å². The molecule has 0 bridgehead atoms. The number of hydrogen-bond acceptors (Lipinski definition) is 3. The molecule has 3 nitrogen and oxygen atoms in total. The van der Waals surface area contributed by atoms with Gasteiger partial charge in [0.15, 0.2) is 0 Å². The monoisotopic (exact) mass is 249 g/mol. The molecule has 1 aliphatic rings. The van der Waals surface area contributed by atoms with Crippen LogP contribution in [0.15, 0.2) is 18.2 Å². The summed E-state index contributed by atoms with van der Waals surface area (Å²) in [4.78, 5) is 0. The lowest BCUT2D eigenvalue weighted by atomic mass is 9.89. The molecule has 3 heteroatoms. The van der Waals surface area contributed by atoms with Crippen LogP contribution in [0.5, 0.6) is 11.5 Å². The number of nitrogens with one attached hydrogen (secondary N) is 1. The van der Waals surface area contributed by atoms with Crippen LogP contribution in [0, 0.1) is 5.41 Å².